The van der Waals surface area contributed by atoms with E-state index < -0.39 is 0 Å². The summed E-state index contributed by atoms with van der Waals surface area (Å²) in [6.07, 6.45) is 0.470. The molecule has 0 unspecified atom stereocenters. The van der Waals surface area contributed by atoms with Crippen LogP contribution < -0.4 is 0 Å². The van der Waals surface area contributed by atoms with Gasteiger partial charge in [0.05, 0.1) is 12.1 Å². The molecular weight excluding hydrogens is 282 g/mol. The van der Waals surface area contributed by atoms with E-state index in [-0.39, 0.29) is 23.8 Å². The van der Waals surface area contributed by atoms with E-state index in [9.17, 15) is 4.79 Å². The lowest BCUT2D eigenvalue weighted by molar-refractivity contribution is -0.128. The van der Waals surface area contributed by atoms with E-state index >= 15 is 0 Å². The third-order valence-corrected chi connectivity index (χ3v) is 4.71. The average molecular weight is 300 g/mol. The molecule has 108 valence electrons. The Morgan fingerprint density at radius 2 is 1.48 bits per heavy atom. The molecule has 1 aliphatic heterocycles. The summed E-state index contributed by atoms with van der Waals surface area (Å²) >= 11 is 6.66. The van der Waals surface area contributed by atoms with Crippen molar-refractivity contribution in [3.05, 3.63) is 71.8 Å². The molecule has 0 bridgehead atoms. The Bertz CT molecular complexity index is 614. The van der Waals surface area contributed by atoms with Crippen LogP contribution in [0.1, 0.15) is 36.6 Å². The third-order valence-electron chi connectivity index (χ3n) is 4.26. The lowest BCUT2D eigenvalue weighted by atomic mass is 9.82. The van der Waals surface area contributed by atoms with E-state index in [1.54, 1.807) is 0 Å². The van der Waals surface area contributed by atoms with Crippen molar-refractivity contribution in [1.29, 1.82) is 0 Å². The first-order chi connectivity index (χ1) is 10.2. The number of hydrogen-bond donors (Lipinski definition) is 0. The maximum atomic E-state index is 12.4. The predicted octanol–water partition coefficient (Wildman–Crippen LogP) is 4.53. The summed E-state index contributed by atoms with van der Waals surface area (Å²) in [4.78, 5) is 12.4. The van der Waals surface area contributed by atoms with Gasteiger partial charge in [-0.05, 0) is 22.9 Å². The maximum absolute atomic E-state index is 12.4. The van der Waals surface area contributed by atoms with Crippen LogP contribution in [0.3, 0.4) is 0 Å². The molecule has 0 N–H and O–H groups in total. The van der Waals surface area contributed by atoms with E-state index in [2.05, 4.69) is 0 Å². The summed E-state index contributed by atoms with van der Waals surface area (Å²) in [6, 6.07) is 19.9. The smallest absolute Gasteiger partial charge is 0.139 e. The van der Waals surface area contributed by atoms with Gasteiger partial charge in [0, 0.05) is 12.3 Å². The molecule has 2 nitrogen and oxygen atoms in total. The highest BCUT2D eigenvalue weighted by Crippen LogP contribution is 2.44. The Kier molecular flexibility index (Phi) is 4.09. The number of nitrogens with zero attached hydrogens (tertiary/aromatic N) is 1. The second kappa shape index (κ2) is 6.00. The molecule has 2 aromatic rings. The van der Waals surface area contributed by atoms with Crippen molar-refractivity contribution in [2.75, 3.05) is 0 Å². The van der Waals surface area contributed by atoms with Gasteiger partial charge in [0.25, 0.3) is 0 Å². The first-order valence-corrected chi connectivity index (χ1v) is 7.59. The molecule has 1 heterocycles. The number of benzene rings is 2. The first kappa shape index (κ1) is 14.3. The van der Waals surface area contributed by atoms with E-state index in [4.69, 9.17) is 11.8 Å². The van der Waals surface area contributed by atoms with Crippen LogP contribution >= 0.6 is 11.8 Å². The molecule has 0 amide bonds. The molecule has 21 heavy (non-hydrogen) atoms. The zero-order valence-electron chi connectivity index (χ0n) is 11.9. The fraction of sp³-hybridized carbons (Fsp3) is 0.278. The van der Waals surface area contributed by atoms with E-state index in [1.807, 2.05) is 72.0 Å². The highest BCUT2D eigenvalue weighted by Gasteiger charge is 2.40. The predicted molar refractivity (Wildman–Crippen MR) is 84.8 cm³/mol. The molecule has 3 rings (SSSR count). The number of halogens is 1. The first-order valence-electron chi connectivity index (χ1n) is 7.25. The minimum absolute atomic E-state index is 0.0678. The second-order valence-electron chi connectivity index (χ2n) is 5.59. The number of carbonyl (C=O) groups excluding carboxylic acids is 1. The summed E-state index contributed by atoms with van der Waals surface area (Å²) in [6.45, 7) is 1.97. The van der Waals surface area contributed by atoms with Crippen molar-refractivity contribution in [3.63, 3.8) is 0 Å². The molecule has 0 saturated carbocycles. The molecule has 0 spiro atoms. The summed E-state index contributed by atoms with van der Waals surface area (Å²) in [5.74, 6) is 0.180. The van der Waals surface area contributed by atoms with Gasteiger partial charge in [-0.2, -0.15) is 0 Å². The van der Waals surface area contributed by atoms with Crippen molar-refractivity contribution < 1.29 is 4.79 Å². The lowest BCUT2D eigenvalue weighted by Crippen LogP contribution is -2.39. The quantitative estimate of drug-likeness (QED) is 0.759. The number of rotatable bonds is 2. The fourth-order valence-electron chi connectivity index (χ4n) is 3.06. The Morgan fingerprint density at radius 3 is 2.05 bits per heavy atom. The van der Waals surface area contributed by atoms with Crippen molar-refractivity contribution in [1.82, 2.24) is 4.42 Å². The molecule has 0 aliphatic carbocycles. The molecule has 0 radical (unpaired) electrons. The summed E-state index contributed by atoms with van der Waals surface area (Å²) < 4.78 is 1.83. The minimum Gasteiger partial charge on any atom is -0.299 e. The van der Waals surface area contributed by atoms with Gasteiger partial charge >= 0.3 is 0 Å². The van der Waals surface area contributed by atoms with E-state index in [0.717, 1.165) is 11.1 Å². The van der Waals surface area contributed by atoms with Gasteiger partial charge < -0.3 is 0 Å². The van der Waals surface area contributed by atoms with Gasteiger partial charge in [-0.3, -0.25) is 4.79 Å². The fourth-order valence-corrected chi connectivity index (χ4v) is 3.53. The summed E-state index contributed by atoms with van der Waals surface area (Å²) in [7, 11) is 0. The highest BCUT2D eigenvalue weighted by molar-refractivity contribution is 6.14. The van der Waals surface area contributed by atoms with E-state index in [1.165, 1.54) is 0 Å². The normalized spacial score (nSPS) is 26.8. The van der Waals surface area contributed by atoms with Gasteiger partial charge in [-0.25, -0.2) is 4.42 Å². The Balaban J connectivity index is 1.98. The van der Waals surface area contributed by atoms with Crippen LogP contribution in [0, 0.1) is 5.92 Å². The van der Waals surface area contributed by atoms with Gasteiger partial charge in [0.2, 0.25) is 0 Å². The SMILES string of the molecule is C[C@@H]1C(=O)C[C@@H](c2ccccc2)N(Cl)[C@H]1c1ccccc1. The maximum Gasteiger partial charge on any atom is 0.139 e. The van der Waals surface area contributed by atoms with Crippen LogP contribution in [0.25, 0.3) is 0 Å². The van der Waals surface area contributed by atoms with E-state index in [0.29, 0.717) is 6.42 Å². The Hall–Kier alpha value is -1.64. The van der Waals surface area contributed by atoms with Crippen LogP contribution in [0.15, 0.2) is 60.7 Å². The van der Waals surface area contributed by atoms with Gasteiger partial charge in [-0.1, -0.05) is 67.6 Å². The molecule has 3 atom stereocenters. The Morgan fingerprint density at radius 1 is 0.952 bits per heavy atom. The van der Waals surface area contributed by atoms with Crippen molar-refractivity contribution in [3.8, 4) is 0 Å². The van der Waals surface area contributed by atoms with Gasteiger partial charge in [0.15, 0.2) is 0 Å². The second-order valence-corrected chi connectivity index (χ2v) is 5.98. The standard InChI is InChI=1S/C18H18ClNO/c1-13-17(21)12-16(14-8-4-2-5-9-14)20(19)18(13)15-10-6-3-7-11-15/h2-11,13,16,18H,12H2,1H3/t13-,16+,18-/m1/s1. The van der Waals surface area contributed by atoms with Gasteiger partial charge in [-0.15, -0.1) is 0 Å². The van der Waals surface area contributed by atoms with Crippen molar-refractivity contribution in [2.45, 2.75) is 25.4 Å². The highest BCUT2D eigenvalue weighted by atomic mass is 35.5. The topological polar surface area (TPSA) is 20.3 Å². The van der Waals surface area contributed by atoms with Crippen LogP contribution in [0.5, 0.6) is 0 Å². The van der Waals surface area contributed by atoms with Crippen LogP contribution in [-0.4, -0.2) is 10.2 Å². The minimum atomic E-state index is -0.0927. The van der Waals surface area contributed by atoms with Crippen LogP contribution in [0.4, 0.5) is 0 Å². The molecular formula is C18H18ClNO. The largest absolute Gasteiger partial charge is 0.299 e. The molecule has 0 aromatic heterocycles. The molecule has 3 heteroatoms. The number of Topliss-reactive ketones (excluding diaryl/α,β-unsaturated/α-hetero) is 1. The number of ketones is 1. The average Bonchev–Trinajstić information content (AvgIpc) is 2.53. The molecule has 2 aromatic carbocycles. The van der Waals surface area contributed by atoms with Crippen LogP contribution in [0.2, 0.25) is 0 Å². The van der Waals surface area contributed by atoms with Crippen molar-refractivity contribution in [2.24, 2.45) is 5.92 Å². The summed E-state index contributed by atoms with van der Waals surface area (Å²) in [5, 5.41) is 0. The zero-order valence-corrected chi connectivity index (χ0v) is 12.7. The molecule has 1 fully saturated rings. The Labute approximate surface area is 130 Å². The van der Waals surface area contributed by atoms with Gasteiger partial charge in [0.1, 0.15) is 5.78 Å². The number of piperidine rings is 1. The number of hydrogen-bond acceptors (Lipinski definition) is 2. The zero-order chi connectivity index (χ0) is 14.8. The summed E-state index contributed by atoms with van der Waals surface area (Å²) in [5.41, 5.74) is 2.18. The number of carbonyl (C=O) groups is 1. The third kappa shape index (κ3) is 2.74. The lowest BCUT2D eigenvalue weighted by Gasteiger charge is -2.40. The van der Waals surface area contributed by atoms with Crippen LogP contribution in [-0.2, 0) is 4.79 Å². The van der Waals surface area contributed by atoms with Crippen molar-refractivity contribution >= 4 is 17.6 Å². The molecule has 1 aliphatic rings. The monoisotopic (exact) mass is 299 g/mol. The molecule has 1 saturated heterocycles.